The second-order valence-electron chi connectivity index (χ2n) is 4.56. The Labute approximate surface area is 115 Å². The molecule has 1 aromatic carbocycles. The Balaban J connectivity index is 2.33. The zero-order valence-corrected chi connectivity index (χ0v) is 11.9. The molecule has 1 amide bonds. The van der Waals surface area contributed by atoms with Crippen LogP contribution in [0.4, 0.5) is 0 Å². The Morgan fingerprint density at radius 2 is 1.83 bits per heavy atom. The van der Waals surface area contributed by atoms with E-state index in [0.29, 0.717) is 18.9 Å². The average Bonchev–Trinajstić information content (AvgIpc) is 2.39. The second kappa shape index (κ2) is 8.15. The summed E-state index contributed by atoms with van der Waals surface area (Å²) in [6, 6.07) is 9.74. The van der Waals surface area contributed by atoms with E-state index in [0.717, 1.165) is 18.4 Å². The molecule has 0 heterocycles. The highest BCUT2D eigenvalue weighted by Crippen LogP contribution is 2.17. The van der Waals surface area contributed by atoms with E-state index in [4.69, 9.17) is 11.6 Å². The summed E-state index contributed by atoms with van der Waals surface area (Å²) in [5.74, 6) is 0.515. The summed E-state index contributed by atoms with van der Waals surface area (Å²) < 4.78 is 0. The lowest BCUT2D eigenvalue weighted by molar-refractivity contribution is -0.120. The number of carbonyl (C=O) groups is 1. The molecule has 1 unspecified atom stereocenters. The van der Waals surface area contributed by atoms with Crippen LogP contribution in [0.3, 0.4) is 0 Å². The number of hydrogen-bond donors (Lipinski definition) is 1. The number of carbonyl (C=O) groups excluding carboxylic acids is 1. The summed E-state index contributed by atoms with van der Waals surface area (Å²) in [5.41, 5.74) is 1.03. The summed E-state index contributed by atoms with van der Waals surface area (Å²) in [6.45, 7) is 4.82. The maximum Gasteiger partial charge on any atom is 0.224 e. The lowest BCUT2D eigenvalue weighted by Crippen LogP contribution is -2.34. The number of halogens is 1. The summed E-state index contributed by atoms with van der Waals surface area (Å²) >= 11 is 6.28. The van der Waals surface area contributed by atoms with Gasteiger partial charge >= 0.3 is 0 Å². The van der Waals surface area contributed by atoms with Gasteiger partial charge in [-0.25, -0.2) is 0 Å². The molecule has 0 aliphatic heterocycles. The van der Waals surface area contributed by atoms with E-state index < -0.39 is 0 Å². The first-order valence-electron chi connectivity index (χ1n) is 6.62. The zero-order valence-electron chi connectivity index (χ0n) is 11.2. The average molecular weight is 268 g/mol. The number of hydrogen-bond acceptors (Lipinski definition) is 1. The summed E-state index contributed by atoms with van der Waals surface area (Å²) in [4.78, 5) is 11.7. The van der Waals surface area contributed by atoms with Crippen LogP contribution < -0.4 is 5.32 Å². The molecular formula is C15H22ClNO. The molecule has 2 nitrogen and oxygen atoms in total. The third-order valence-electron chi connectivity index (χ3n) is 3.26. The van der Waals surface area contributed by atoms with Gasteiger partial charge in [0, 0.05) is 6.54 Å². The van der Waals surface area contributed by atoms with E-state index in [1.165, 1.54) is 0 Å². The highest BCUT2D eigenvalue weighted by molar-refractivity contribution is 6.21. The van der Waals surface area contributed by atoms with Gasteiger partial charge < -0.3 is 5.32 Å². The molecule has 0 spiro atoms. The van der Waals surface area contributed by atoms with Crippen LogP contribution in [-0.2, 0) is 11.2 Å². The largest absolute Gasteiger partial charge is 0.354 e. The molecule has 1 N–H and O–H groups in total. The number of nitrogens with one attached hydrogen (secondary N) is 1. The van der Waals surface area contributed by atoms with Crippen molar-refractivity contribution in [1.29, 1.82) is 0 Å². The van der Waals surface area contributed by atoms with Crippen molar-refractivity contribution in [3.63, 3.8) is 0 Å². The Kier molecular flexibility index (Phi) is 6.81. The number of rotatable bonds is 7. The SMILES string of the molecule is CCC(CC)C(Cl)CNC(=O)Cc1ccccc1. The lowest BCUT2D eigenvalue weighted by Gasteiger charge is -2.19. The van der Waals surface area contributed by atoms with Gasteiger partial charge in [0.15, 0.2) is 0 Å². The van der Waals surface area contributed by atoms with Crippen LogP contribution in [0.15, 0.2) is 30.3 Å². The molecule has 1 atom stereocenters. The molecule has 0 bridgehead atoms. The van der Waals surface area contributed by atoms with E-state index in [-0.39, 0.29) is 11.3 Å². The fourth-order valence-corrected chi connectivity index (χ4v) is 2.46. The van der Waals surface area contributed by atoms with Crippen molar-refractivity contribution in [3.8, 4) is 0 Å². The minimum Gasteiger partial charge on any atom is -0.354 e. The molecule has 0 aliphatic carbocycles. The molecule has 0 fully saturated rings. The molecule has 100 valence electrons. The predicted molar refractivity (Wildman–Crippen MR) is 76.9 cm³/mol. The van der Waals surface area contributed by atoms with Gasteiger partial charge in [0.1, 0.15) is 0 Å². The second-order valence-corrected chi connectivity index (χ2v) is 5.12. The van der Waals surface area contributed by atoms with E-state index in [1.54, 1.807) is 0 Å². The van der Waals surface area contributed by atoms with Gasteiger partial charge in [-0.15, -0.1) is 11.6 Å². The first-order chi connectivity index (χ1) is 8.67. The quantitative estimate of drug-likeness (QED) is 0.754. The first kappa shape index (κ1) is 15.0. The monoisotopic (exact) mass is 267 g/mol. The molecule has 0 aromatic heterocycles. The standard InChI is InChI=1S/C15H22ClNO/c1-3-13(4-2)14(16)11-17-15(18)10-12-8-6-5-7-9-12/h5-9,13-14H,3-4,10-11H2,1-2H3,(H,17,18). The Morgan fingerprint density at radius 1 is 1.22 bits per heavy atom. The van der Waals surface area contributed by atoms with Gasteiger partial charge in [-0.2, -0.15) is 0 Å². The minimum absolute atomic E-state index is 0.0275. The maximum atomic E-state index is 11.7. The van der Waals surface area contributed by atoms with Crippen LogP contribution in [0, 0.1) is 5.92 Å². The summed E-state index contributed by atoms with van der Waals surface area (Å²) in [5, 5.41) is 2.94. The zero-order chi connectivity index (χ0) is 13.4. The highest BCUT2D eigenvalue weighted by Gasteiger charge is 2.16. The summed E-state index contributed by atoms with van der Waals surface area (Å²) in [6.07, 6.45) is 2.53. The van der Waals surface area contributed by atoms with Crippen molar-refractivity contribution in [2.24, 2.45) is 5.92 Å². The molecule has 3 heteroatoms. The van der Waals surface area contributed by atoms with Crippen LogP contribution in [-0.4, -0.2) is 17.8 Å². The molecule has 0 radical (unpaired) electrons. The molecule has 0 aliphatic rings. The third kappa shape index (κ3) is 5.09. The van der Waals surface area contributed by atoms with E-state index >= 15 is 0 Å². The van der Waals surface area contributed by atoms with Crippen LogP contribution in [0.1, 0.15) is 32.3 Å². The van der Waals surface area contributed by atoms with Crippen LogP contribution in [0.25, 0.3) is 0 Å². The van der Waals surface area contributed by atoms with Gasteiger partial charge in [-0.1, -0.05) is 57.0 Å². The number of amides is 1. The van der Waals surface area contributed by atoms with Crippen molar-refractivity contribution < 1.29 is 4.79 Å². The van der Waals surface area contributed by atoms with E-state index in [2.05, 4.69) is 19.2 Å². The topological polar surface area (TPSA) is 29.1 Å². The Hall–Kier alpha value is -1.02. The Bertz CT molecular complexity index is 349. The van der Waals surface area contributed by atoms with E-state index in [9.17, 15) is 4.79 Å². The number of benzene rings is 1. The minimum atomic E-state index is 0.0275. The molecule has 18 heavy (non-hydrogen) atoms. The smallest absolute Gasteiger partial charge is 0.224 e. The molecule has 0 saturated heterocycles. The van der Waals surface area contributed by atoms with Gasteiger partial charge in [0.2, 0.25) is 5.91 Å². The van der Waals surface area contributed by atoms with Crippen molar-refractivity contribution in [3.05, 3.63) is 35.9 Å². The number of alkyl halides is 1. The normalized spacial score (nSPS) is 12.4. The van der Waals surface area contributed by atoms with Crippen molar-refractivity contribution in [2.75, 3.05) is 6.54 Å². The van der Waals surface area contributed by atoms with Crippen LogP contribution in [0.5, 0.6) is 0 Å². The van der Waals surface area contributed by atoms with Crippen molar-refractivity contribution >= 4 is 17.5 Å². The maximum absolute atomic E-state index is 11.7. The molecule has 0 saturated carbocycles. The summed E-state index contributed by atoms with van der Waals surface area (Å²) in [7, 11) is 0. The first-order valence-corrected chi connectivity index (χ1v) is 7.05. The molecule has 1 aromatic rings. The molecule has 1 rings (SSSR count). The van der Waals surface area contributed by atoms with Crippen LogP contribution >= 0.6 is 11.6 Å². The van der Waals surface area contributed by atoms with Gasteiger partial charge in [0.05, 0.1) is 11.8 Å². The lowest BCUT2D eigenvalue weighted by atomic mass is 9.99. The fourth-order valence-electron chi connectivity index (χ4n) is 2.02. The van der Waals surface area contributed by atoms with E-state index in [1.807, 2.05) is 30.3 Å². The molecular weight excluding hydrogens is 246 g/mol. The van der Waals surface area contributed by atoms with Crippen molar-refractivity contribution in [1.82, 2.24) is 5.32 Å². The van der Waals surface area contributed by atoms with Gasteiger partial charge in [-0.3, -0.25) is 4.79 Å². The van der Waals surface area contributed by atoms with Gasteiger partial charge in [-0.05, 0) is 11.5 Å². The van der Waals surface area contributed by atoms with Crippen LogP contribution in [0.2, 0.25) is 0 Å². The van der Waals surface area contributed by atoms with Crippen molar-refractivity contribution in [2.45, 2.75) is 38.5 Å². The fraction of sp³-hybridized carbons (Fsp3) is 0.533. The predicted octanol–water partition coefficient (Wildman–Crippen LogP) is 3.39. The highest BCUT2D eigenvalue weighted by atomic mass is 35.5. The van der Waals surface area contributed by atoms with Gasteiger partial charge in [0.25, 0.3) is 0 Å². The Morgan fingerprint density at radius 3 is 2.39 bits per heavy atom. The third-order valence-corrected chi connectivity index (χ3v) is 3.77.